The summed E-state index contributed by atoms with van der Waals surface area (Å²) < 4.78 is 61.2. The lowest BCUT2D eigenvalue weighted by Crippen LogP contribution is -2.33. The van der Waals surface area contributed by atoms with Gasteiger partial charge in [-0.2, -0.15) is 0 Å². The number of benzene rings is 7. The van der Waals surface area contributed by atoms with Crippen molar-refractivity contribution in [3.8, 4) is 44.5 Å². The maximum atomic E-state index is 14.6. The molecule has 0 bridgehead atoms. The van der Waals surface area contributed by atoms with Gasteiger partial charge in [0, 0.05) is 22.3 Å². The average Bonchev–Trinajstić information content (AvgIpc) is 3.15. The summed E-state index contributed by atoms with van der Waals surface area (Å²) >= 11 is 0. The van der Waals surface area contributed by atoms with Crippen LogP contribution in [-0.4, -0.2) is 16.8 Å². The number of hydrogen-bond acceptors (Lipinski definition) is 4. The predicted octanol–water partition coefficient (Wildman–Crippen LogP) is 10.0. The van der Waals surface area contributed by atoms with Crippen molar-refractivity contribution in [3.05, 3.63) is 170 Å². The van der Waals surface area contributed by atoms with Crippen molar-refractivity contribution in [2.45, 2.75) is 9.79 Å². The lowest BCUT2D eigenvalue weighted by Gasteiger charge is -2.37. The van der Waals surface area contributed by atoms with Crippen LogP contribution in [0.1, 0.15) is 0 Å². The third-order valence-corrected chi connectivity index (χ3v) is 12.9. The first-order valence-corrected chi connectivity index (χ1v) is 19.0. The van der Waals surface area contributed by atoms with Gasteiger partial charge in [0.2, 0.25) is 0 Å². The molecule has 0 N–H and O–H groups in total. The standard InChI is InChI=1S/C42H28N2O4S2/c45-49(46)41-23-9-7-21-35(41)37-28-40-38(27-39(37)43(49)33-19-11-17-31(25-33)29-13-3-1-4-14-29)36-22-8-10-24-42(36)50(47,48)44(40)34-20-12-18-32(26-34)30-15-5-2-6-16-30/h1-28H. The van der Waals surface area contributed by atoms with Gasteiger partial charge in [0.1, 0.15) is 0 Å². The second-order valence-electron chi connectivity index (χ2n) is 12.3. The van der Waals surface area contributed by atoms with E-state index >= 15 is 0 Å². The Kier molecular flexibility index (Phi) is 6.81. The van der Waals surface area contributed by atoms with E-state index in [1.807, 2.05) is 109 Å². The van der Waals surface area contributed by atoms with Crippen LogP contribution in [0.3, 0.4) is 0 Å². The molecule has 8 heteroatoms. The fourth-order valence-electron chi connectivity index (χ4n) is 7.07. The van der Waals surface area contributed by atoms with Gasteiger partial charge < -0.3 is 0 Å². The highest BCUT2D eigenvalue weighted by Gasteiger charge is 2.41. The molecule has 0 aromatic heterocycles. The van der Waals surface area contributed by atoms with Crippen molar-refractivity contribution in [2.24, 2.45) is 0 Å². The fourth-order valence-corrected chi connectivity index (χ4v) is 10.5. The normalized spacial score (nSPS) is 15.0. The number of nitrogens with zero attached hydrogens (tertiary/aromatic N) is 2. The van der Waals surface area contributed by atoms with Crippen molar-refractivity contribution in [2.75, 3.05) is 8.61 Å². The quantitative estimate of drug-likeness (QED) is 0.185. The van der Waals surface area contributed by atoms with Crippen LogP contribution >= 0.6 is 0 Å². The van der Waals surface area contributed by atoms with Crippen LogP contribution in [0.25, 0.3) is 44.5 Å². The van der Waals surface area contributed by atoms with Gasteiger partial charge in [-0.1, -0.05) is 121 Å². The molecule has 0 atom stereocenters. The second kappa shape index (κ2) is 11.3. The fraction of sp³-hybridized carbons (Fsp3) is 0. The molecular weight excluding hydrogens is 661 g/mol. The Bertz CT molecular complexity index is 2510. The Morgan fingerprint density at radius 3 is 1.10 bits per heavy atom. The molecule has 0 fully saturated rings. The zero-order chi connectivity index (χ0) is 34.0. The number of hydrogen-bond donors (Lipinski definition) is 0. The van der Waals surface area contributed by atoms with Crippen LogP contribution < -0.4 is 8.61 Å². The van der Waals surface area contributed by atoms with Gasteiger partial charge >= 0.3 is 0 Å². The van der Waals surface area contributed by atoms with Crippen molar-refractivity contribution >= 4 is 42.8 Å². The number of sulfonamides is 2. The van der Waals surface area contributed by atoms with Crippen molar-refractivity contribution in [1.82, 2.24) is 0 Å². The third kappa shape index (κ3) is 4.60. The minimum atomic E-state index is -4.08. The van der Waals surface area contributed by atoms with Gasteiger partial charge in [0.25, 0.3) is 20.0 Å². The molecule has 2 aliphatic rings. The Labute approximate surface area is 291 Å². The van der Waals surface area contributed by atoms with E-state index < -0.39 is 20.0 Å². The molecule has 0 saturated carbocycles. The van der Waals surface area contributed by atoms with E-state index in [0.717, 1.165) is 22.3 Å². The SMILES string of the molecule is O=S1(=O)c2ccccc2-c2cc3c(cc2N1c1cccc(-c2ccccc2)c1)-c1ccccc1S(=O)(=O)N3c1cccc(-c2ccccc2)c1. The van der Waals surface area contributed by atoms with Crippen LogP contribution in [0.15, 0.2) is 180 Å². The Balaban J connectivity index is 1.32. The maximum Gasteiger partial charge on any atom is 0.269 e. The zero-order valence-electron chi connectivity index (χ0n) is 26.5. The lowest BCUT2D eigenvalue weighted by molar-refractivity contribution is 0.593. The topological polar surface area (TPSA) is 74.8 Å². The van der Waals surface area contributed by atoms with Crippen LogP contribution in [-0.2, 0) is 20.0 Å². The number of fused-ring (bicyclic) bond motifs is 6. The van der Waals surface area contributed by atoms with Crippen LogP contribution in [0.5, 0.6) is 0 Å². The smallest absolute Gasteiger partial charge is 0.234 e. The Morgan fingerprint density at radius 1 is 0.320 bits per heavy atom. The summed E-state index contributed by atoms with van der Waals surface area (Å²) in [5.74, 6) is 0. The molecule has 0 saturated heterocycles. The highest BCUT2D eigenvalue weighted by molar-refractivity contribution is 7.93. The van der Waals surface area contributed by atoms with Crippen molar-refractivity contribution < 1.29 is 16.8 Å². The predicted molar refractivity (Wildman–Crippen MR) is 200 cm³/mol. The summed E-state index contributed by atoms with van der Waals surface area (Å²) in [7, 11) is -8.15. The van der Waals surface area contributed by atoms with Crippen molar-refractivity contribution in [3.63, 3.8) is 0 Å². The van der Waals surface area contributed by atoms with E-state index in [9.17, 15) is 16.8 Å². The molecule has 2 aliphatic heterocycles. The molecule has 0 amide bonds. The summed E-state index contributed by atoms with van der Waals surface area (Å²) in [6, 6.07) is 52.1. The molecule has 0 unspecified atom stereocenters. The molecule has 0 radical (unpaired) electrons. The molecule has 0 spiro atoms. The number of anilines is 4. The van der Waals surface area contributed by atoms with Gasteiger partial charge in [-0.25, -0.2) is 25.4 Å². The Hall–Kier alpha value is -5.96. The van der Waals surface area contributed by atoms with Gasteiger partial charge in [-0.05, 0) is 70.8 Å². The highest BCUT2D eigenvalue weighted by atomic mass is 32.2. The molecular formula is C42H28N2O4S2. The molecule has 0 aliphatic carbocycles. The molecule has 7 aromatic rings. The monoisotopic (exact) mass is 688 g/mol. The minimum Gasteiger partial charge on any atom is -0.234 e. The third-order valence-electron chi connectivity index (χ3n) is 9.32. The summed E-state index contributed by atoms with van der Waals surface area (Å²) in [6.45, 7) is 0. The summed E-state index contributed by atoms with van der Waals surface area (Å²) in [4.78, 5) is 0.295. The number of rotatable bonds is 4. The summed E-state index contributed by atoms with van der Waals surface area (Å²) in [6.07, 6.45) is 0. The van der Waals surface area contributed by atoms with E-state index in [-0.39, 0.29) is 9.79 Å². The first-order chi connectivity index (χ1) is 24.3. The lowest BCUT2D eigenvalue weighted by atomic mass is 9.95. The average molecular weight is 689 g/mol. The van der Waals surface area contributed by atoms with Crippen LogP contribution in [0.2, 0.25) is 0 Å². The molecule has 7 aromatic carbocycles. The summed E-state index contributed by atoms with van der Waals surface area (Å²) in [5.41, 5.74) is 7.75. The van der Waals surface area contributed by atoms with Gasteiger partial charge in [0.15, 0.2) is 0 Å². The first kappa shape index (κ1) is 30.1. The van der Waals surface area contributed by atoms with E-state index in [1.54, 1.807) is 60.7 Å². The largest absolute Gasteiger partial charge is 0.269 e. The van der Waals surface area contributed by atoms with E-state index in [1.165, 1.54) is 8.61 Å². The van der Waals surface area contributed by atoms with Crippen molar-refractivity contribution in [1.29, 1.82) is 0 Å². The van der Waals surface area contributed by atoms with Gasteiger partial charge in [-0.15, -0.1) is 0 Å². The second-order valence-corrected chi connectivity index (χ2v) is 15.8. The molecule has 50 heavy (non-hydrogen) atoms. The molecule has 6 nitrogen and oxygen atoms in total. The van der Waals surface area contributed by atoms with E-state index in [4.69, 9.17) is 0 Å². The maximum absolute atomic E-state index is 14.6. The van der Waals surface area contributed by atoms with Crippen LogP contribution in [0, 0.1) is 0 Å². The van der Waals surface area contributed by atoms with E-state index in [2.05, 4.69) is 0 Å². The summed E-state index contributed by atoms with van der Waals surface area (Å²) in [5, 5.41) is 0. The zero-order valence-corrected chi connectivity index (χ0v) is 28.1. The first-order valence-electron chi connectivity index (χ1n) is 16.1. The molecule has 242 valence electrons. The molecule has 2 heterocycles. The molecule has 9 rings (SSSR count). The van der Waals surface area contributed by atoms with Gasteiger partial charge in [-0.3, -0.25) is 0 Å². The van der Waals surface area contributed by atoms with Gasteiger partial charge in [0.05, 0.1) is 32.5 Å². The minimum absolute atomic E-state index is 0.147. The van der Waals surface area contributed by atoms with E-state index in [0.29, 0.717) is 45.0 Å². The van der Waals surface area contributed by atoms with Crippen LogP contribution in [0.4, 0.5) is 22.7 Å². The highest BCUT2D eigenvalue weighted by Crippen LogP contribution is 2.55. The Morgan fingerprint density at radius 2 is 0.680 bits per heavy atom.